The molecule has 2 N–H and O–H groups in total. The van der Waals surface area contributed by atoms with Gasteiger partial charge in [0.15, 0.2) is 0 Å². The van der Waals surface area contributed by atoms with Gasteiger partial charge in [-0.1, -0.05) is 65.8 Å². The SMILES string of the molecule is CCC(C)(c1ccc(O)c(C(C)C)c1)c1ccc(O)c(C(C)C)c1. The van der Waals surface area contributed by atoms with Crippen LogP contribution in [0.3, 0.4) is 0 Å². The number of phenolic OH excluding ortho intramolecular Hbond substituents is 2. The molecule has 2 heteroatoms. The van der Waals surface area contributed by atoms with E-state index in [1.54, 1.807) is 0 Å². The van der Waals surface area contributed by atoms with Crippen LogP contribution in [0, 0.1) is 0 Å². The lowest BCUT2D eigenvalue weighted by Crippen LogP contribution is -2.23. The largest absolute Gasteiger partial charge is 0.508 e. The van der Waals surface area contributed by atoms with E-state index in [-0.39, 0.29) is 17.3 Å². The number of benzene rings is 2. The highest BCUT2D eigenvalue weighted by Crippen LogP contribution is 2.40. The Kier molecular flexibility index (Phi) is 5.27. The van der Waals surface area contributed by atoms with Crippen molar-refractivity contribution >= 4 is 0 Å². The number of hydrogen-bond acceptors (Lipinski definition) is 2. The van der Waals surface area contributed by atoms with Crippen LogP contribution >= 0.6 is 0 Å². The van der Waals surface area contributed by atoms with Crippen molar-refractivity contribution in [1.29, 1.82) is 0 Å². The molecule has 0 radical (unpaired) electrons. The van der Waals surface area contributed by atoms with Gasteiger partial charge in [0.1, 0.15) is 11.5 Å². The molecule has 2 aromatic rings. The summed E-state index contributed by atoms with van der Waals surface area (Å²) >= 11 is 0. The predicted molar refractivity (Wildman–Crippen MR) is 101 cm³/mol. The Bertz CT molecular complexity index is 656. The van der Waals surface area contributed by atoms with Crippen molar-refractivity contribution in [2.24, 2.45) is 0 Å². The van der Waals surface area contributed by atoms with Gasteiger partial charge in [0.25, 0.3) is 0 Å². The molecular weight excluding hydrogens is 296 g/mol. The normalized spacial score (nSPS) is 12.2. The predicted octanol–water partition coefficient (Wildman–Crippen LogP) is 6.06. The van der Waals surface area contributed by atoms with Crippen molar-refractivity contribution in [2.75, 3.05) is 0 Å². The molecule has 2 aromatic carbocycles. The summed E-state index contributed by atoms with van der Waals surface area (Å²) < 4.78 is 0. The van der Waals surface area contributed by atoms with E-state index in [1.165, 1.54) is 11.1 Å². The summed E-state index contributed by atoms with van der Waals surface area (Å²) in [5.41, 5.74) is 4.21. The monoisotopic (exact) mass is 326 g/mol. The van der Waals surface area contributed by atoms with Gasteiger partial charge in [-0.25, -0.2) is 0 Å². The van der Waals surface area contributed by atoms with E-state index in [0.29, 0.717) is 11.5 Å². The molecule has 0 saturated heterocycles. The lowest BCUT2D eigenvalue weighted by molar-refractivity contribution is 0.461. The lowest BCUT2D eigenvalue weighted by atomic mass is 9.72. The zero-order valence-corrected chi connectivity index (χ0v) is 15.7. The molecule has 0 aliphatic carbocycles. The maximum atomic E-state index is 10.1. The highest BCUT2D eigenvalue weighted by molar-refractivity contribution is 5.48. The van der Waals surface area contributed by atoms with Crippen LogP contribution in [0.1, 0.15) is 82.1 Å². The molecule has 0 fully saturated rings. The Morgan fingerprint density at radius 2 is 1.17 bits per heavy atom. The van der Waals surface area contributed by atoms with E-state index < -0.39 is 0 Å². The van der Waals surface area contributed by atoms with Crippen molar-refractivity contribution in [3.8, 4) is 11.5 Å². The van der Waals surface area contributed by atoms with Gasteiger partial charge in [-0.2, -0.15) is 0 Å². The second-order valence-corrected chi connectivity index (χ2v) is 7.54. The van der Waals surface area contributed by atoms with Gasteiger partial charge < -0.3 is 10.2 Å². The zero-order chi connectivity index (χ0) is 18.1. The first-order valence-corrected chi connectivity index (χ1v) is 8.87. The van der Waals surface area contributed by atoms with Gasteiger partial charge in [0, 0.05) is 5.41 Å². The van der Waals surface area contributed by atoms with Crippen molar-refractivity contribution in [3.63, 3.8) is 0 Å². The van der Waals surface area contributed by atoms with Crippen LogP contribution in [0.15, 0.2) is 36.4 Å². The third kappa shape index (κ3) is 3.28. The topological polar surface area (TPSA) is 40.5 Å². The van der Waals surface area contributed by atoms with E-state index in [2.05, 4.69) is 53.7 Å². The van der Waals surface area contributed by atoms with Crippen molar-refractivity contribution in [3.05, 3.63) is 58.7 Å². The summed E-state index contributed by atoms with van der Waals surface area (Å²) in [6.45, 7) is 12.8. The molecule has 0 unspecified atom stereocenters. The first-order chi connectivity index (χ1) is 11.2. The third-order valence-corrected chi connectivity index (χ3v) is 5.28. The highest BCUT2D eigenvalue weighted by Gasteiger charge is 2.29. The fraction of sp³-hybridized carbons (Fsp3) is 0.455. The summed E-state index contributed by atoms with van der Waals surface area (Å²) in [4.78, 5) is 0. The molecule has 0 heterocycles. The summed E-state index contributed by atoms with van der Waals surface area (Å²) in [6.07, 6.45) is 0.942. The fourth-order valence-electron chi connectivity index (χ4n) is 3.30. The molecule has 2 nitrogen and oxygen atoms in total. The summed E-state index contributed by atoms with van der Waals surface area (Å²) in [7, 11) is 0. The minimum atomic E-state index is -0.158. The van der Waals surface area contributed by atoms with Crippen LogP contribution in [0.25, 0.3) is 0 Å². The molecule has 24 heavy (non-hydrogen) atoms. The fourth-order valence-corrected chi connectivity index (χ4v) is 3.30. The van der Waals surface area contributed by atoms with E-state index in [1.807, 2.05) is 24.3 Å². The molecule has 0 aliphatic rings. The molecule has 0 atom stereocenters. The van der Waals surface area contributed by atoms with Crippen LogP contribution in [-0.2, 0) is 5.41 Å². The van der Waals surface area contributed by atoms with Crippen LogP contribution in [0.5, 0.6) is 11.5 Å². The number of phenols is 2. The lowest BCUT2D eigenvalue weighted by Gasteiger charge is -2.31. The minimum absolute atomic E-state index is 0.158. The average Bonchev–Trinajstić information content (AvgIpc) is 2.54. The van der Waals surface area contributed by atoms with E-state index in [9.17, 15) is 10.2 Å². The number of rotatable bonds is 5. The molecule has 0 aliphatic heterocycles. The van der Waals surface area contributed by atoms with Crippen LogP contribution in [0.2, 0.25) is 0 Å². The molecule has 0 saturated carbocycles. The van der Waals surface area contributed by atoms with Crippen LogP contribution in [0.4, 0.5) is 0 Å². The second kappa shape index (κ2) is 6.88. The number of hydrogen-bond donors (Lipinski definition) is 2. The molecule has 0 spiro atoms. The van der Waals surface area contributed by atoms with Gasteiger partial charge in [-0.3, -0.25) is 0 Å². The van der Waals surface area contributed by atoms with Gasteiger partial charge in [-0.05, 0) is 52.6 Å². The smallest absolute Gasteiger partial charge is 0.119 e. The van der Waals surface area contributed by atoms with Crippen molar-refractivity contribution in [1.82, 2.24) is 0 Å². The Hall–Kier alpha value is -1.96. The second-order valence-electron chi connectivity index (χ2n) is 7.54. The molecule has 0 aromatic heterocycles. The summed E-state index contributed by atoms with van der Waals surface area (Å²) in [5.74, 6) is 1.27. The van der Waals surface area contributed by atoms with Gasteiger partial charge in [0.05, 0.1) is 0 Å². The summed E-state index contributed by atoms with van der Waals surface area (Å²) in [6, 6.07) is 11.9. The quantitative estimate of drug-likeness (QED) is 0.701. The summed E-state index contributed by atoms with van der Waals surface area (Å²) in [5, 5.41) is 20.3. The Labute approximate surface area is 146 Å². The van der Waals surface area contributed by atoms with Crippen molar-refractivity contribution < 1.29 is 10.2 Å². The standard InChI is InChI=1S/C22H30O2/c1-7-22(6,16-8-10-20(23)18(12-16)14(2)3)17-9-11-21(24)19(13-17)15(4)5/h8-15,23-24H,7H2,1-6H3. The maximum absolute atomic E-state index is 10.1. The molecule has 0 amide bonds. The Morgan fingerprint density at radius 1 is 0.792 bits per heavy atom. The molecule has 0 bridgehead atoms. The number of aromatic hydroxyl groups is 2. The van der Waals surface area contributed by atoms with Gasteiger partial charge in [0.2, 0.25) is 0 Å². The maximum Gasteiger partial charge on any atom is 0.119 e. The first-order valence-electron chi connectivity index (χ1n) is 8.87. The van der Waals surface area contributed by atoms with E-state index in [0.717, 1.165) is 17.5 Å². The minimum Gasteiger partial charge on any atom is -0.508 e. The van der Waals surface area contributed by atoms with Gasteiger partial charge >= 0.3 is 0 Å². The third-order valence-electron chi connectivity index (χ3n) is 5.28. The Balaban J connectivity index is 2.61. The zero-order valence-electron chi connectivity index (χ0n) is 15.7. The average molecular weight is 326 g/mol. The molecule has 2 rings (SSSR count). The molecular formula is C22H30O2. The first kappa shape index (κ1) is 18.4. The Morgan fingerprint density at radius 3 is 1.46 bits per heavy atom. The molecule has 130 valence electrons. The van der Waals surface area contributed by atoms with Crippen molar-refractivity contribution in [2.45, 2.75) is 65.2 Å². The van der Waals surface area contributed by atoms with Crippen LogP contribution < -0.4 is 0 Å². The highest BCUT2D eigenvalue weighted by atomic mass is 16.3. The van der Waals surface area contributed by atoms with Gasteiger partial charge in [-0.15, -0.1) is 0 Å². The van der Waals surface area contributed by atoms with Crippen LogP contribution in [-0.4, -0.2) is 10.2 Å². The van der Waals surface area contributed by atoms with E-state index in [4.69, 9.17) is 0 Å². The van der Waals surface area contributed by atoms with E-state index >= 15 is 0 Å².